The molecule has 0 spiro atoms. The average Bonchev–Trinajstić information content (AvgIpc) is 2.97. The molecule has 7 heteroatoms. The molecule has 0 saturated heterocycles. The predicted molar refractivity (Wildman–Crippen MR) is 85.9 cm³/mol. The molecule has 3 rings (SSSR count). The molecule has 0 aromatic heterocycles. The fourth-order valence-corrected chi connectivity index (χ4v) is 2.02. The van der Waals surface area contributed by atoms with Crippen LogP contribution in [0.5, 0.6) is 11.5 Å². The summed E-state index contributed by atoms with van der Waals surface area (Å²) < 4.78 is 23.3. The van der Waals surface area contributed by atoms with E-state index in [0.29, 0.717) is 16.5 Å². The van der Waals surface area contributed by atoms with Crippen molar-refractivity contribution in [2.45, 2.75) is 0 Å². The summed E-state index contributed by atoms with van der Waals surface area (Å²) in [6.45, 7) is 0.236. The van der Waals surface area contributed by atoms with Gasteiger partial charge in [0.05, 0.1) is 6.21 Å². The van der Waals surface area contributed by atoms with E-state index in [4.69, 9.17) is 21.7 Å². The first-order valence-corrected chi connectivity index (χ1v) is 6.87. The first kappa shape index (κ1) is 14.3. The van der Waals surface area contributed by atoms with Crippen molar-refractivity contribution in [1.82, 2.24) is 5.43 Å². The Balaban J connectivity index is 1.55. The maximum absolute atomic E-state index is 12.8. The molecule has 0 unspecified atom stereocenters. The number of hydrogen-bond acceptors (Lipinski definition) is 4. The van der Waals surface area contributed by atoms with Gasteiger partial charge in [-0.3, -0.25) is 5.43 Å². The number of rotatable bonds is 3. The molecule has 2 N–H and O–H groups in total. The van der Waals surface area contributed by atoms with E-state index in [1.807, 2.05) is 18.2 Å². The molecular weight excluding hydrogens is 305 g/mol. The SMILES string of the molecule is Fc1ccc(NC(=S)NN=Cc2ccc3c(c2)OCO3)cc1. The molecule has 2 aromatic carbocycles. The summed E-state index contributed by atoms with van der Waals surface area (Å²) in [4.78, 5) is 0. The number of benzene rings is 2. The molecule has 0 atom stereocenters. The maximum Gasteiger partial charge on any atom is 0.231 e. The van der Waals surface area contributed by atoms with E-state index < -0.39 is 0 Å². The smallest absolute Gasteiger partial charge is 0.231 e. The van der Waals surface area contributed by atoms with Crippen molar-refractivity contribution in [2.24, 2.45) is 5.10 Å². The topological polar surface area (TPSA) is 54.9 Å². The maximum atomic E-state index is 12.8. The highest BCUT2D eigenvalue weighted by Gasteiger charge is 2.12. The number of hydrazone groups is 1. The number of thiocarbonyl (C=S) groups is 1. The van der Waals surface area contributed by atoms with Gasteiger partial charge in [0, 0.05) is 5.69 Å². The van der Waals surface area contributed by atoms with Crippen LogP contribution in [0.4, 0.5) is 10.1 Å². The highest BCUT2D eigenvalue weighted by molar-refractivity contribution is 7.80. The highest BCUT2D eigenvalue weighted by atomic mass is 32.1. The molecule has 1 aliphatic rings. The standard InChI is InChI=1S/C15H12FN3O2S/c16-11-2-4-12(5-3-11)18-15(22)19-17-8-10-1-6-13-14(7-10)21-9-20-13/h1-8H,9H2,(H2,18,19,22). The van der Waals surface area contributed by atoms with Crippen molar-refractivity contribution in [3.63, 3.8) is 0 Å². The Hall–Kier alpha value is -2.67. The van der Waals surface area contributed by atoms with Crippen LogP contribution in [0.2, 0.25) is 0 Å². The lowest BCUT2D eigenvalue weighted by molar-refractivity contribution is 0.174. The Morgan fingerprint density at radius 3 is 2.73 bits per heavy atom. The lowest BCUT2D eigenvalue weighted by Crippen LogP contribution is -2.23. The van der Waals surface area contributed by atoms with Crippen LogP contribution in [0.15, 0.2) is 47.6 Å². The predicted octanol–water partition coefficient (Wildman–Crippen LogP) is 2.87. The number of nitrogens with zero attached hydrogens (tertiary/aromatic N) is 1. The Bertz CT molecular complexity index is 719. The highest BCUT2D eigenvalue weighted by Crippen LogP contribution is 2.31. The normalized spacial score (nSPS) is 12.4. The van der Waals surface area contributed by atoms with Crippen molar-refractivity contribution < 1.29 is 13.9 Å². The van der Waals surface area contributed by atoms with Crippen LogP contribution in [0, 0.1) is 5.82 Å². The van der Waals surface area contributed by atoms with Gasteiger partial charge in [-0.15, -0.1) is 0 Å². The third-order valence-corrected chi connectivity index (χ3v) is 3.07. The lowest BCUT2D eigenvalue weighted by atomic mass is 10.2. The fourth-order valence-electron chi connectivity index (χ4n) is 1.85. The summed E-state index contributed by atoms with van der Waals surface area (Å²) in [5.74, 6) is 1.11. The van der Waals surface area contributed by atoms with Gasteiger partial charge < -0.3 is 14.8 Å². The third-order valence-electron chi connectivity index (χ3n) is 2.88. The van der Waals surface area contributed by atoms with E-state index in [0.717, 1.165) is 11.3 Å². The molecule has 0 aliphatic carbocycles. The van der Waals surface area contributed by atoms with Crippen LogP contribution in [0.25, 0.3) is 0 Å². The number of fused-ring (bicyclic) bond motifs is 1. The van der Waals surface area contributed by atoms with Crippen LogP contribution in [-0.4, -0.2) is 18.1 Å². The van der Waals surface area contributed by atoms with Crippen molar-refractivity contribution in [3.05, 3.63) is 53.8 Å². The van der Waals surface area contributed by atoms with Crippen molar-refractivity contribution in [1.29, 1.82) is 0 Å². The van der Waals surface area contributed by atoms with E-state index in [-0.39, 0.29) is 12.6 Å². The van der Waals surface area contributed by atoms with Crippen LogP contribution in [-0.2, 0) is 0 Å². The molecule has 0 radical (unpaired) electrons. The lowest BCUT2D eigenvalue weighted by Gasteiger charge is -2.06. The molecule has 5 nitrogen and oxygen atoms in total. The van der Waals surface area contributed by atoms with E-state index in [1.165, 1.54) is 12.1 Å². The molecule has 1 heterocycles. The minimum absolute atomic E-state index is 0.236. The second-order valence-electron chi connectivity index (χ2n) is 4.44. The molecule has 112 valence electrons. The van der Waals surface area contributed by atoms with E-state index in [1.54, 1.807) is 18.3 Å². The Morgan fingerprint density at radius 2 is 1.91 bits per heavy atom. The summed E-state index contributed by atoms with van der Waals surface area (Å²) in [5.41, 5.74) is 4.21. The zero-order valence-corrected chi connectivity index (χ0v) is 12.2. The monoisotopic (exact) mass is 317 g/mol. The summed E-state index contributed by atoms with van der Waals surface area (Å²) >= 11 is 5.09. The largest absolute Gasteiger partial charge is 0.454 e. The number of nitrogens with one attached hydrogen (secondary N) is 2. The Labute approximate surface area is 131 Å². The minimum atomic E-state index is -0.301. The first-order chi connectivity index (χ1) is 10.7. The zero-order valence-electron chi connectivity index (χ0n) is 11.4. The molecule has 0 fully saturated rings. The second-order valence-corrected chi connectivity index (χ2v) is 4.85. The average molecular weight is 317 g/mol. The number of anilines is 1. The molecule has 2 aromatic rings. The molecular formula is C15H12FN3O2S. The van der Waals surface area contributed by atoms with Crippen molar-refractivity contribution >= 4 is 29.2 Å². The van der Waals surface area contributed by atoms with Gasteiger partial charge >= 0.3 is 0 Å². The van der Waals surface area contributed by atoms with Gasteiger partial charge in [0.1, 0.15) is 5.82 Å². The van der Waals surface area contributed by atoms with E-state index in [9.17, 15) is 4.39 Å². The van der Waals surface area contributed by atoms with Crippen LogP contribution >= 0.6 is 12.2 Å². The number of halogens is 1. The summed E-state index contributed by atoms with van der Waals surface area (Å²) in [6, 6.07) is 11.4. The zero-order chi connectivity index (χ0) is 15.4. The first-order valence-electron chi connectivity index (χ1n) is 6.46. The van der Waals surface area contributed by atoms with Gasteiger partial charge in [-0.2, -0.15) is 5.10 Å². The van der Waals surface area contributed by atoms with Crippen molar-refractivity contribution in [3.8, 4) is 11.5 Å². The molecule has 22 heavy (non-hydrogen) atoms. The molecule has 0 saturated carbocycles. The molecule has 0 amide bonds. The third kappa shape index (κ3) is 3.50. The second kappa shape index (κ2) is 6.40. The Kier molecular flexibility index (Phi) is 4.15. The van der Waals surface area contributed by atoms with Crippen LogP contribution in [0.1, 0.15) is 5.56 Å². The summed E-state index contributed by atoms with van der Waals surface area (Å²) in [7, 11) is 0. The van der Waals surface area contributed by atoms with Gasteiger partial charge in [-0.05, 0) is 60.2 Å². The number of ether oxygens (including phenoxy) is 2. The van der Waals surface area contributed by atoms with Crippen LogP contribution < -0.4 is 20.2 Å². The summed E-state index contributed by atoms with van der Waals surface area (Å²) in [6.07, 6.45) is 1.61. The minimum Gasteiger partial charge on any atom is -0.454 e. The molecule has 0 bridgehead atoms. The van der Waals surface area contributed by atoms with Gasteiger partial charge in [0.25, 0.3) is 0 Å². The Morgan fingerprint density at radius 1 is 1.14 bits per heavy atom. The fraction of sp³-hybridized carbons (Fsp3) is 0.0667. The van der Waals surface area contributed by atoms with Gasteiger partial charge in [-0.1, -0.05) is 0 Å². The van der Waals surface area contributed by atoms with Gasteiger partial charge in [-0.25, -0.2) is 4.39 Å². The quantitative estimate of drug-likeness (QED) is 0.518. The number of hydrogen-bond donors (Lipinski definition) is 2. The van der Waals surface area contributed by atoms with Crippen molar-refractivity contribution in [2.75, 3.05) is 12.1 Å². The van der Waals surface area contributed by atoms with E-state index >= 15 is 0 Å². The van der Waals surface area contributed by atoms with E-state index in [2.05, 4.69) is 15.8 Å². The molecule has 1 aliphatic heterocycles. The summed E-state index contributed by atoms with van der Waals surface area (Å²) in [5, 5.41) is 7.23. The van der Waals surface area contributed by atoms with Crippen LogP contribution in [0.3, 0.4) is 0 Å². The van der Waals surface area contributed by atoms with Gasteiger partial charge in [0.2, 0.25) is 6.79 Å². The van der Waals surface area contributed by atoms with Gasteiger partial charge in [0.15, 0.2) is 16.6 Å².